The van der Waals surface area contributed by atoms with E-state index >= 15 is 0 Å². The van der Waals surface area contributed by atoms with Crippen LogP contribution in [0.2, 0.25) is 0 Å². The number of fused-ring (bicyclic) bond motifs is 1. The van der Waals surface area contributed by atoms with Crippen LogP contribution in [0.3, 0.4) is 0 Å². The Bertz CT molecular complexity index is 1200. The number of carbonyl (C=O) groups is 1. The quantitative estimate of drug-likeness (QED) is 0.562. The molecule has 29 heavy (non-hydrogen) atoms. The van der Waals surface area contributed by atoms with Gasteiger partial charge < -0.3 is 4.57 Å². The van der Waals surface area contributed by atoms with Crippen molar-refractivity contribution in [3.05, 3.63) is 59.2 Å². The molecule has 3 aromatic rings. The number of carbonyl (C=O) groups excluding carboxylic acids is 1. The highest BCUT2D eigenvalue weighted by Gasteiger charge is 2.32. The maximum atomic E-state index is 12.8. The predicted molar refractivity (Wildman–Crippen MR) is 116 cm³/mol. The van der Waals surface area contributed by atoms with Gasteiger partial charge in [-0.3, -0.25) is 4.79 Å². The molecule has 9 heteroatoms. The molecule has 152 valence electrons. The van der Waals surface area contributed by atoms with E-state index in [0.717, 1.165) is 10.2 Å². The molecule has 1 fully saturated rings. The van der Waals surface area contributed by atoms with Crippen LogP contribution in [0.25, 0.3) is 10.2 Å². The van der Waals surface area contributed by atoms with Gasteiger partial charge in [0.25, 0.3) is 15.9 Å². The van der Waals surface area contributed by atoms with E-state index in [-0.39, 0.29) is 11.8 Å². The normalized spacial score (nSPS) is 17.0. The molecule has 4 rings (SSSR count). The van der Waals surface area contributed by atoms with E-state index in [9.17, 15) is 13.2 Å². The van der Waals surface area contributed by atoms with Gasteiger partial charge in [0.2, 0.25) is 0 Å². The maximum absolute atomic E-state index is 12.8. The third-order valence-electron chi connectivity index (χ3n) is 5.00. The van der Waals surface area contributed by atoms with E-state index < -0.39 is 10.0 Å². The van der Waals surface area contributed by atoms with E-state index in [1.54, 1.807) is 23.6 Å². The van der Waals surface area contributed by atoms with Crippen molar-refractivity contribution in [1.29, 1.82) is 0 Å². The molecule has 0 atom stereocenters. The van der Waals surface area contributed by atoms with Crippen LogP contribution in [0.1, 0.15) is 12.8 Å². The largest absolute Gasteiger partial charge is 0.313 e. The predicted octanol–water partition coefficient (Wildman–Crippen LogP) is 3.48. The number of hydrogen-bond donors (Lipinski definition) is 0. The number of rotatable bonds is 5. The Hall–Kier alpha value is -2.07. The van der Waals surface area contributed by atoms with E-state index in [2.05, 4.69) is 11.6 Å². The zero-order valence-corrected chi connectivity index (χ0v) is 18.2. The summed E-state index contributed by atoms with van der Waals surface area (Å²) in [6.45, 7) is 5.05. The lowest BCUT2D eigenvalue weighted by atomic mass is 9.98. The fourth-order valence-corrected chi connectivity index (χ4v) is 7.14. The van der Waals surface area contributed by atoms with Crippen LogP contribution in [0.5, 0.6) is 0 Å². The molecular weight excluding hydrogens is 426 g/mol. The second-order valence-corrected chi connectivity index (χ2v) is 10.9. The monoisotopic (exact) mass is 447 g/mol. The number of nitrogens with zero attached hydrogens (tertiary/aromatic N) is 3. The summed E-state index contributed by atoms with van der Waals surface area (Å²) in [5.41, 5.74) is 1.03. The van der Waals surface area contributed by atoms with Gasteiger partial charge in [0.15, 0.2) is 4.80 Å². The van der Waals surface area contributed by atoms with Crippen LogP contribution in [-0.4, -0.2) is 36.3 Å². The van der Waals surface area contributed by atoms with Crippen LogP contribution in [-0.2, 0) is 21.4 Å². The van der Waals surface area contributed by atoms with Crippen molar-refractivity contribution in [3.8, 4) is 0 Å². The van der Waals surface area contributed by atoms with Crippen LogP contribution >= 0.6 is 22.7 Å². The Kier molecular flexibility index (Phi) is 5.82. The van der Waals surface area contributed by atoms with Crippen LogP contribution in [0.4, 0.5) is 0 Å². The highest BCUT2D eigenvalue weighted by atomic mass is 32.2. The first-order valence-electron chi connectivity index (χ1n) is 9.32. The number of hydrogen-bond acceptors (Lipinski definition) is 5. The Balaban J connectivity index is 1.53. The van der Waals surface area contributed by atoms with Crippen molar-refractivity contribution in [2.75, 3.05) is 13.1 Å². The van der Waals surface area contributed by atoms with Crippen molar-refractivity contribution in [1.82, 2.24) is 8.87 Å². The first kappa shape index (κ1) is 20.2. The molecule has 0 unspecified atom stereocenters. The lowest BCUT2D eigenvalue weighted by Gasteiger charge is -2.29. The van der Waals surface area contributed by atoms with Crippen LogP contribution in [0, 0.1) is 5.92 Å². The SMILES string of the molecule is C=CCn1c(=NC(=O)C2CCN(S(=O)(=O)c3cccs3)CC2)sc2ccccc21. The van der Waals surface area contributed by atoms with Gasteiger partial charge in [0, 0.05) is 25.6 Å². The minimum Gasteiger partial charge on any atom is -0.313 e. The topological polar surface area (TPSA) is 71.7 Å². The molecule has 0 radical (unpaired) electrons. The lowest BCUT2D eigenvalue weighted by molar-refractivity contribution is -0.122. The van der Waals surface area contributed by atoms with Crippen LogP contribution < -0.4 is 4.80 Å². The summed E-state index contributed by atoms with van der Waals surface area (Å²) in [5.74, 6) is -0.435. The van der Waals surface area contributed by atoms with Gasteiger partial charge in [-0.05, 0) is 36.4 Å². The van der Waals surface area contributed by atoms with Crippen molar-refractivity contribution in [3.63, 3.8) is 0 Å². The van der Waals surface area contributed by atoms with E-state index in [1.165, 1.54) is 27.0 Å². The molecule has 0 N–H and O–H groups in total. The molecule has 0 saturated carbocycles. The van der Waals surface area contributed by atoms with Gasteiger partial charge in [0.05, 0.1) is 10.2 Å². The van der Waals surface area contributed by atoms with Gasteiger partial charge in [0.1, 0.15) is 4.21 Å². The van der Waals surface area contributed by atoms with Gasteiger partial charge >= 0.3 is 0 Å². The van der Waals surface area contributed by atoms with Gasteiger partial charge in [-0.25, -0.2) is 8.42 Å². The number of piperidine rings is 1. The third-order valence-corrected chi connectivity index (χ3v) is 9.33. The third kappa shape index (κ3) is 4.00. The zero-order chi connectivity index (χ0) is 20.4. The number of thiazole rings is 1. The smallest absolute Gasteiger partial charge is 0.252 e. The zero-order valence-electron chi connectivity index (χ0n) is 15.7. The number of para-hydroxylation sites is 1. The van der Waals surface area contributed by atoms with E-state index in [1.807, 2.05) is 28.8 Å². The summed E-state index contributed by atoms with van der Waals surface area (Å²) in [7, 11) is -3.46. The molecule has 1 saturated heterocycles. The molecule has 3 heterocycles. The number of sulfonamides is 1. The number of thiophene rings is 1. The van der Waals surface area contributed by atoms with Crippen molar-refractivity contribution >= 4 is 48.8 Å². The lowest BCUT2D eigenvalue weighted by Crippen LogP contribution is -2.40. The minimum absolute atomic E-state index is 0.178. The second kappa shape index (κ2) is 8.35. The Morgan fingerprint density at radius 3 is 2.66 bits per heavy atom. The summed E-state index contributed by atoms with van der Waals surface area (Å²) >= 11 is 2.70. The average molecular weight is 448 g/mol. The standard InChI is InChI=1S/C20H21N3O3S3/c1-2-11-23-16-6-3-4-7-17(16)28-20(23)21-19(24)15-9-12-22(13-10-15)29(25,26)18-8-5-14-27-18/h2-8,14-15H,1,9-13H2. The molecule has 1 amide bonds. The van der Waals surface area contributed by atoms with Gasteiger partial charge in [-0.1, -0.05) is 35.6 Å². The van der Waals surface area contributed by atoms with Crippen molar-refractivity contribution in [2.45, 2.75) is 23.6 Å². The summed E-state index contributed by atoms with van der Waals surface area (Å²) < 4.78 is 30.2. The summed E-state index contributed by atoms with van der Waals surface area (Å²) in [6, 6.07) is 11.3. The minimum atomic E-state index is -3.46. The van der Waals surface area contributed by atoms with E-state index in [0.29, 0.717) is 41.5 Å². The number of amides is 1. The molecule has 0 aliphatic carbocycles. The number of benzene rings is 1. The fraction of sp³-hybridized carbons (Fsp3) is 0.300. The van der Waals surface area contributed by atoms with Gasteiger partial charge in [-0.15, -0.1) is 17.9 Å². The highest BCUT2D eigenvalue weighted by molar-refractivity contribution is 7.91. The molecule has 6 nitrogen and oxygen atoms in total. The second-order valence-electron chi connectivity index (χ2n) is 6.81. The molecule has 2 aromatic heterocycles. The van der Waals surface area contributed by atoms with Crippen LogP contribution in [0.15, 0.2) is 63.6 Å². The summed E-state index contributed by atoms with van der Waals surface area (Å²) in [4.78, 5) is 17.9. The Morgan fingerprint density at radius 2 is 1.97 bits per heavy atom. The average Bonchev–Trinajstić information content (AvgIpc) is 3.38. The fourth-order valence-electron chi connectivity index (χ4n) is 3.48. The molecule has 1 aliphatic rings. The number of aromatic nitrogens is 1. The summed E-state index contributed by atoms with van der Waals surface area (Å²) in [6.07, 6.45) is 2.76. The molecule has 1 aliphatic heterocycles. The van der Waals surface area contributed by atoms with E-state index in [4.69, 9.17) is 0 Å². The maximum Gasteiger partial charge on any atom is 0.252 e. The van der Waals surface area contributed by atoms with Gasteiger partial charge in [-0.2, -0.15) is 9.30 Å². The highest BCUT2D eigenvalue weighted by Crippen LogP contribution is 2.27. The Labute approximate surface area is 177 Å². The molecule has 0 spiro atoms. The number of allylic oxidation sites excluding steroid dienone is 1. The molecule has 0 bridgehead atoms. The Morgan fingerprint density at radius 1 is 1.21 bits per heavy atom. The molecule has 1 aromatic carbocycles. The van der Waals surface area contributed by atoms with Crippen molar-refractivity contribution in [2.24, 2.45) is 10.9 Å². The molecular formula is C20H21N3O3S3. The van der Waals surface area contributed by atoms with Crippen molar-refractivity contribution < 1.29 is 13.2 Å². The first-order chi connectivity index (χ1) is 14.0. The first-order valence-corrected chi connectivity index (χ1v) is 12.5. The summed E-state index contributed by atoms with van der Waals surface area (Å²) in [5, 5.41) is 1.76.